The first-order valence-corrected chi connectivity index (χ1v) is 12.4. The summed E-state index contributed by atoms with van der Waals surface area (Å²) in [5.41, 5.74) is 9.22. The van der Waals surface area contributed by atoms with Gasteiger partial charge in [0.2, 0.25) is 0 Å². The summed E-state index contributed by atoms with van der Waals surface area (Å²) in [6.07, 6.45) is 5.72. The molecule has 4 aromatic rings. The third kappa shape index (κ3) is 4.12. The number of benzene rings is 4. The number of hydrogen-bond acceptors (Lipinski definition) is 2. The van der Waals surface area contributed by atoms with Gasteiger partial charge in [-0.15, -0.1) is 0 Å². The predicted molar refractivity (Wildman–Crippen MR) is 147 cm³/mol. The molecule has 4 aromatic carbocycles. The third-order valence-corrected chi connectivity index (χ3v) is 7.00. The molecule has 2 nitrogen and oxygen atoms in total. The second-order valence-corrected chi connectivity index (χ2v) is 9.32. The first kappa shape index (κ1) is 22.1. The van der Waals surface area contributed by atoms with Crippen LogP contribution >= 0.6 is 0 Å². The second-order valence-electron chi connectivity index (χ2n) is 9.32. The van der Waals surface area contributed by atoms with E-state index in [4.69, 9.17) is 0 Å². The van der Waals surface area contributed by atoms with Crippen molar-refractivity contribution < 1.29 is 4.79 Å². The molecule has 2 aliphatic rings. The maximum Gasteiger partial charge on any atom is 0.167 e. The molecular formula is C34H27NO. The van der Waals surface area contributed by atoms with Gasteiger partial charge in [-0.2, -0.15) is 0 Å². The van der Waals surface area contributed by atoms with Gasteiger partial charge < -0.3 is 4.90 Å². The monoisotopic (exact) mass is 465 g/mol. The molecule has 1 atom stereocenters. The van der Waals surface area contributed by atoms with Gasteiger partial charge in [0, 0.05) is 18.8 Å². The Labute approximate surface area is 212 Å². The Morgan fingerprint density at radius 3 is 1.78 bits per heavy atom. The van der Waals surface area contributed by atoms with Crippen molar-refractivity contribution in [2.45, 2.75) is 13.1 Å². The van der Waals surface area contributed by atoms with E-state index in [0.29, 0.717) is 0 Å². The summed E-state index contributed by atoms with van der Waals surface area (Å²) in [4.78, 5) is 15.9. The maximum absolute atomic E-state index is 13.4. The highest BCUT2D eigenvalue weighted by molar-refractivity contribution is 6.19. The minimum absolute atomic E-state index is 0.145. The average Bonchev–Trinajstić information content (AvgIpc) is 3.26. The normalized spacial score (nSPS) is 17.3. The van der Waals surface area contributed by atoms with Crippen molar-refractivity contribution in [1.82, 2.24) is 4.90 Å². The molecule has 0 saturated carbocycles. The molecule has 2 heteroatoms. The van der Waals surface area contributed by atoms with Crippen LogP contribution in [-0.2, 0) is 17.9 Å². The Bertz CT molecular complexity index is 1440. The number of fused-ring (bicyclic) bond motifs is 3. The second kappa shape index (κ2) is 9.67. The smallest absolute Gasteiger partial charge is 0.167 e. The van der Waals surface area contributed by atoms with Gasteiger partial charge in [-0.3, -0.25) is 4.79 Å². The topological polar surface area (TPSA) is 20.3 Å². The van der Waals surface area contributed by atoms with Crippen molar-refractivity contribution in [3.63, 3.8) is 0 Å². The van der Waals surface area contributed by atoms with E-state index >= 15 is 0 Å². The average molecular weight is 466 g/mol. The first-order valence-electron chi connectivity index (χ1n) is 12.4. The summed E-state index contributed by atoms with van der Waals surface area (Å²) in [6.45, 7) is 1.48. The van der Waals surface area contributed by atoms with Crippen molar-refractivity contribution in [2.24, 2.45) is 5.92 Å². The fourth-order valence-corrected chi connectivity index (χ4v) is 5.45. The van der Waals surface area contributed by atoms with Crippen LogP contribution in [0.15, 0.2) is 133 Å². The predicted octanol–water partition coefficient (Wildman–Crippen LogP) is 7.41. The van der Waals surface area contributed by atoms with E-state index in [9.17, 15) is 4.79 Å². The van der Waals surface area contributed by atoms with E-state index < -0.39 is 0 Å². The molecule has 0 aliphatic heterocycles. The molecule has 0 N–H and O–H groups in total. The number of hydrogen-bond donors (Lipinski definition) is 0. The lowest BCUT2D eigenvalue weighted by Gasteiger charge is -2.32. The highest BCUT2D eigenvalue weighted by Gasteiger charge is 2.39. The Balaban J connectivity index is 1.61. The standard InChI is InChI=1S/C34H27NO/c36-31-22-12-21-29-28-19-10-11-20-30(28)33(32(29)31)34(27-17-8-3-9-18-27)35(23-25-13-4-1-5-14-25)24-26-15-6-2-7-16-26/h1-22,32H,23-24H2. The van der Waals surface area contributed by atoms with E-state index in [1.807, 2.05) is 12.1 Å². The van der Waals surface area contributed by atoms with Crippen molar-refractivity contribution in [3.05, 3.63) is 161 Å². The molecule has 2 aliphatic carbocycles. The molecule has 0 aromatic heterocycles. The largest absolute Gasteiger partial charge is 0.362 e. The molecule has 1 unspecified atom stereocenters. The molecule has 6 rings (SSSR count). The van der Waals surface area contributed by atoms with Gasteiger partial charge in [0.25, 0.3) is 0 Å². The summed E-state index contributed by atoms with van der Waals surface area (Å²) >= 11 is 0. The van der Waals surface area contributed by atoms with Crippen molar-refractivity contribution >= 4 is 22.6 Å². The van der Waals surface area contributed by atoms with E-state index in [1.165, 1.54) is 11.1 Å². The number of allylic oxidation sites excluding steroid dienone is 5. The van der Waals surface area contributed by atoms with Crippen LogP contribution in [0.5, 0.6) is 0 Å². The highest BCUT2D eigenvalue weighted by Crippen LogP contribution is 2.51. The molecule has 36 heavy (non-hydrogen) atoms. The van der Waals surface area contributed by atoms with E-state index in [-0.39, 0.29) is 11.7 Å². The summed E-state index contributed by atoms with van der Waals surface area (Å²) < 4.78 is 0. The van der Waals surface area contributed by atoms with E-state index in [2.05, 4.69) is 120 Å². The molecule has 0 heterocycles. The van der Waals surface area contributed by atoms with Crippen LogP contribution in [0, 0.1) is 5.92 Å². The molecular weight excluding hydrogens is 438 g/mol. The fourth-order valence-electron chi connectivity index (χ4n) is 5.45. The molecule has 0 bridgehead atoms. The lowest BCUT2D eigenvalue weighted by atomic mass is 9.85. The molecule has 0 radical (unpaired) electrons. The first-order chi connectivity index (χ1) is 17.8. The van der Waals surface area contributed by atoms with E-state index in [0.717, 1.165) is 46.6 Å². The number of nitrogens with zero attached hydrogens (tertiary/aromatic N) is 1. The van der Waals surface area contributed by atoms with Gasteiger partial charge in [0.1, 0.15) is 0 Å². The van der Waals surface area contributed by atoms with Gasteiger partial charge in [-0.05, 0) is 45.0 Å². The van der Waals surface area contributed by atoms with Crippen LogP contribution < -0.4 is 0 Å². The molecule has 0 amide bonds. The summed E-state index contributed by atoms with van der Waals surface area (Å²) in [5, 5.41) is 0. The van der Waals surface area contributed by atoms with Crippen molar-refractivity contribution in [1.29, 1.82) is 0 Å². The van der Waals surface area contributed by atoms with Crippen LogP contribution in [0.2, 0.25) is 0 Å². The summed E-state index contributed by atoms with van der Waals surface area (Å²) in [5.74, 6) is -0.150. The lowest BCUT2D eigenvalue weighted by molar-refractivity contribution is -0.115. The Hall–Kier alpha value is -4.43. The zero-order chi connectivity index (χ0) is 24.3. The van der Waals surface area contributed by atoms with Gasteiger partial charge in [-0.1, -0.05) is 127 Å². The Morgan fingerprint density at radius 2 is 1.17 bits per heavy atom. The molecule has 0 saturated heterocycles. The summed E-state index contributed by atoms with van der Waals surface area (Å²) in [7, 11) is 0. The van der Waals surface area contributed by atoms with Crippen LogP contribution in [0.1, 0.15) is 27.8 Å². The van der Waals surface area contributed by atoms with E-state index in [1.54, 1.807) is 6.08 Å². The number of carbonyl (C=O) groups excluding carboxylic acids is 1. The number of carbonyl (C=O) groups is 1. The van der Waals surface area contributed by atoms with Gasteiger partial charge >= 0.3 is 0 Å². The fraction of sp³-hybridized carbons (Fsp3) is 0.0882. The van der Waals surface area contributed by atoms with Crippen LogP contribution in [-0.4, -0.2) is 10.7 Å². The Kier molecular flexibility index (Phi) is 5.93. The van der Waals surface area contributed by atoms with Crippen molar-refractivity contribution in [3.8, 4) is 0 Å². The number of rotatable bonds is 6. The van der Waals surface area contributed by atoms with Gasteiger partial charge in [0.15, 0.2) is 5.78 Å². The quantitative estimate of drug-likeness (QED) is 0.295. The van der Waals surface area contributed by atoms with Crippen LogP contribution in [0.25, 0.3) is 16.8 Å². The SMILES string of the molecule is O=C1C=CC=C2c3ccccc3C(=C(c3ccccc3)N(Cc3ccccc3)Cc3ccccc3)C12. The molecule has 174 valence electrons. The zero-order valence-electron chi connectivity index (χ0n) is 20.0. The molecule has 0 spiro atoms. The van der Waals surface area contributed by atoms with Crippen LogP contribution in [0.4, 0.5) is 0 Å². The number of ketones is 1. The van der Waals surface area contributed by atoms with Gasteiger partial charge in [0.05, 0.1) is 5.92 Å². The Morgan fingerprint density at radius 1 is 0.639 bits per heavy atom. The van der Waals surface area contributed by atoms with Gasteiger partial charge in [-0.25, -0.2) is 0 Å². The zero-order valence-corrected chi connectivity index (χ0v) is 20.0. The third-order valence-electron chi connectivity index (χ3n) is 7.00. The minimum atomic E-state index is -0.295. The highest BCUT2D eigenvalue weighted by atomic mass is 16.1. The minimum Gasteiger partial charge on any atom is -0.362 e. The van der Waals surface area contributed by atoms with Crippen LogP contribution in [0.3, 0.4) is 0 Å². The lowest BCUT2D eigenvalue weighted by Crippen LogP contribution is -2.25. The summed E-state index contributed by atoms with van der Waals surface area (Å²) in [6, 6.07) is 40.2. The van der Waals surface area contributed by atoms with Crippen molar-refractivity contribution in [2.75, 3.05) is 0 Å². The maximum atomic E-state index is 13.4. The molecule has 0 fully saturated rings.